The van der Waals surface area contributed by atoms with Gasteiger partial charge < -0.3 is 4.90 Å². The standard InChI is InChI=1S/C7H10N2O3/c1-9(4-10)5-2-6(11)8-7(12)3-5/h4-5H,2-3H2,1H3,(H,8,11,12). The molecule has 1 aliphatic heterocycles. The monoisotopic (exact) mass is 170 g/mol. The fraction of sp³-hybridized carbons (Fsp3) is 0.571. The highest BCUT2D eigenvalue weighted by atomic mass is 16.2. The Balaban J connectivity index is 2.60. The van der Waals surface area contributed by atoms with Crippen molar-refractivity contribution in [3.05, 3.63) is 0 Å². The van der Waals surface area contributed by atoms with Gasteiger partial charge in [0.1, 0.15) is 0 Å². The predicted molar refractivity (Wildman–Crippen MR) is 40.0 cm³/mol. The molecule has 5 nitrogen and oxygen atoms in total. The number of imide groups is 1. The summed E-state index contributed by atoms with van der Waals surface area (Å²) in [6.07, 6.45) is 1.04. The molecule has 0 aromatic heterocycles. The fourth-order valence-corrected chi connectivity index (χ4v) is 1.13. The first-order valence-electron chi connectivity index (χ1n) is 3.63. The lowest BCUT2D eigenvalue weighted by atomic mass is 10.0. The highest BCUT2D eigenvalue weighted by Gasteiger charge is 2.26. The predicted octanol–water partition coefficient (Wildman–Crippen LogP) is -1.12. The first-order chi connectivity index (χ1) is 5.63. The van der Waals surface area contributed by atoms with Gasteiger partial charge in [-0.1, -0.05) is 0 Å². The number of nitrogens with zero attached hydrogens (tertiary/aromatic N) is 1. The van der Waals surface area contributed by atoms with Crippen molar-refractivity contribution < 1.29 is 14.4 Å². The number of hydrogen-bond acceptors (Lipinski definition) is 3. The molecule has 0 unspecified atom stereocenters. The Kier molecular flexibility index (Phi) is 2.42. The zero-order valence-corrected chi connectivity index (χ0v) is 6.74. The number of piperidine rings is 1. The van der Waals surface area contributed by atoms with Gasteiger partial charge in [-0.05, 0) is 0 Å². The topological polar surface area (TPSA) is 66.5 Å². The summed E-state index contributed by atoms with van der Waals surface area (Å²) >= 11 is 0. The highest BCUT2D eigenvalue weighted by Crippen LogP contribution is 2.09. The van der Waals surface area contributed by atoms with E-state index < -0.39 is 0 Å². The second kappa shape index (κ2) is 3.34. The Morgan fingerprint density at radius 1 is 1.42 bits per heavy atom. The average Bonchev–Trinajstić information content (AvgIpc) is 2.01. The van der Waals surface area contributed by atoms with Crippen molar-refractivity contribution >= 4 is 18.2 Å². The van der Waals surface area contributed by atoms with Gasteiger partial charge in [-0.3, -0.25) is 19.7 Å². The van der Waals surface area contributed by atoms with Crippen molar-refractivity contribution in [3.8, 4) is 0 Å². The van der Waals surface area contributed by atoms with Crippen LogP contribution in [0.5, 0.6) is 0 Å². The molecule has 0 radical (unpaired) electrons. The molecule has 1 fully saturated rings. The van der Waals surface area contributed by atoms with Crippen LogP contribution in [0.1, 0.15) is 12.8 Å². The van der Waals surface area contributed by atoms with E-state index in [9.17, 15) is 14.4 Å². The molecule has 3 amide bonds. The highest BCUT2D eigenvalue weighted by molar-refractivity contribution is 5.98. The van der Waals surface area contributed by atoms with Gasteiger partial charge in [0.2, 0.25) is 18.2 Å². The van der Waals surface area contributed by atoms with E-state index in [0.29, 0.717) is 6.41 Å². The van der Waals surface area contributed by atoms with Crippen molar-refractivity contribution in [3.63, 3.8) is 0 Å². The maximum Gasteiger partial charge on any atom is 0.228 e. The molecular formula is C7H10N2O3. The number of amides is 3. The van der Waals surface area contributed by atoms with Crippen LogP contribution in [-0.4, -0.2) is 36.2 Å². The summed E-state index contributed by atoms with van der Waals surface area (Å²) in [5.74, 6) is -0.630. The van der Waals surface area contributed by atoms with Crippen LogP contribution >= 0.6 is 0 Å². The zero-order chi connectivity index (χ0) is 9.14. The van der Waals surface area contributed by atoms with E-state index in [4.69, 9.17) is 0 Å². The summed E-state index contributed by atoms with van der Waals surface area (Å²) in [7, 11) is 1.56. The third-order valence-electron chi connectivity index (χ3n) is 1.86. The Bertz CT molecular complexity index is 211. The van der Waals surface area contributed by atoms with Crippen molar-refractivity contribution in [1.82, 2.24) is 10.2 Å². The molecule has 1 aliphatic rings. The largest absolute Gasteiger partial charge is 0.344 e. The number of rotatable bonds is 2. The van der Waals surface area contributed by atoms with Crippen LogP contribution in [0.25, 0.3) is 0 Å². The zero-order valence-electron chi connectivity index (χ0n) is 6.74. The third kappa shape index (κ3) is 1.81. The van der Waals surface area contributed by atoms with Gasteiger partial charge in [-0.2, -0.15) is 0 Å². The van der Waals surface area contributed by atoms with Crippen LogP contribution in [-0.2, 0) is 14.4 Å². The van der Waals surface area contributed by atoms with Gasteiger partial charge in [0.25, 0.3) is 0 Å². The molecule has 0 bridgehead atoms. The van der Waals surface area contributed by atoms with Crippen molar-refractivity contribution in [2.75, 3.05) is 7.05 Å². The quantitative estimate of drug-likeness (QED) is 0.421. The SMILES string of the molecule is CN(C=O)C1CC(=O)NC(=O)C1. The van der Waals surface area contributed by atoms with E-state index in [1.807, 2.05) is 0 Å². The summed E-state index contributed by atoms with van der Waals surface area (Å²) < 4.78 is 0. The summed E-state index contributed by atoms with van der Waals surface area (Å²) in [5.41, 5.74) is 0. The minimum atomic E-state index is -0.315. The molecule has 0 atom stereocenters. The summed E-state index contributed by atoms with van der Waals surface area (Å²) in [5, 5.41) is 2.17. The van der Waals surface area contributed by atoms with E-state index in [-0.39, 0.29) is 30.7 Å². The third-order valence-corrected chi connectivity index (χ3v) is 1.86. The van der Waals surface area contributed by atoms with Gasteiger partial charge in [0.15, 0.2) is 0 Å². The van der Waals surface area contributed by atoms with E-state index in [0.717, 1.165) is 0 Å². The van der Waals surface area contributed by atoms with Crippen molar-refractivity contribution in [2.45, 2.75) is 18.9 Å². The lowest BCUT2D eigenvalue weighted by molar-refractivity contribution is -0.136. The van der Waals surface area contributed by atoms with Gasteiger partial charge >= 0.3 is 0 Å². The average molecular weight is 170 g/mol. The number of nitrogens with one attached hydrogen (secondary N) is 1. The smallest absolute Gasteiger partial charge is 0.228 e. The normalized spacial score (nSPS) is 18.8. The maximum atomic E-state index is 10.8. The Labute approximate surface area is 69.7 Å². The molecule has 0 aromatic rings. The molecule has 12 heavy (non-hydrogen) atoms. The van der Waals surface area contributed by atoms with Crippen LogP contribution in [0.2, 0.25) is 0 Å². The van der Waals surface area contributed by atoms with Gasteiger partial charge in [0, 0.05) is 25.9 Å². The molecule has 5 heteroatoms. The molecule has 1 rings (SSSR count). The fourth-order valence-electron chi connectivity index (χ4n) is 1.13. The van der Waals surface area contributed by atoms with E-state index in [2.05, 4.69) is 5.32 Å². The van der Waals surface area contributed by atoms with E-state index >= 15 is 0 Å². The lowest BCUT2D eigenvalue weighted by Gasteiger charge is -2.26. The van der Waals surface area contributed by atoms with Crippen LogP contribution in [0.4, 0.5) is 0 Å². The molecule has 66 valence electrons. The summed E-state index contributed by atoms with van der Waals surface area (Å²) in [4.78, 5) is 33.3. The number of carbonyl (C=O) groups is 3. The Hall–Kier alpha value is -1.39. The lowest BCUT2D eigenvalue weighted by Crippen LogP contribution is -2.46. The van der Waals surface area contributed by atoms with Crippen LogP contribution in [0.3, 0.4) is 0 Å². The molecule has 1 saturated heterocycles. The van der Waals surface area contributed by atoms with Gasteiger partial charge in [-0.25, -0.2) is 0 Å². The minimum absolute atomic E-state index is 0.209. The van der Waals surface area contributed by atoms with Crippen molar-refractivity contribution in [2.24, 2.45) is 0 Å². The van der Waals surface area contributed by atoms with Crippen LogP contribution in [0, 0.1) is 0 Å². The molecule has 0 aliphatic carbocycles. The molecule has 0 saturated carbocycles. The Morgan fingerprint density at radius 2 is 1.92 bits per heavy atom. The maximum absolute atomic E-state index is 10.8. The Morgan fingerprint density at radius 3 is 2.33 bits per heavy atom. The first-order valence-corrected chi connectivity index (χ1v) is 3.63. The molecule has 0 spiro atoms. The molecule has 1 N–H and O–H groups in total. The van der Waals surface area contributed by atoms with Gasteiger partial charge in [-0.15, -0.1) is 0 Å². The van der Waals surface area contributed by atoms with E-state index in [1.165, 1.54) is 4.90 Å². The second-order valence-corrected chi connectivity index (χ2v) is 2.80. The van der Waals surface area contributed by atoms with E-state index in [1.54, 1.807) is 7.05 Å². The minimum Gasteiger partial charge on any atom is -0.344 e. The van der Waals surface area contributed by atoms with Crippen LogP contribution in [0.15, 0.2) is 0 Å². The summed E-state index contributed by atoms with van der Waals surface area (Å²) in [6, 6.07) is -0.274. The second-order valence-electron chi connectivity index (χ2n) is 2.80. The molecular weight excluding hydrogens is 160 g/mol. The molecule has 0 aromatic carbocycles. The number of carbonyl (C=O) groups excluding carboxylic acids is 3. The van der Waals surface area contributed by atoms with Gasteiger partial charge in [0.05, 0.1) is 0 Å². The summed E-state index contributed by atoms with van der Waals surface area (Å²) in [6.45, 7) is 0. The number of hydrogen-bond donors (Lipinski definition) is 1. The van der Waals surface area contributed by atoms with Crippen molar-refractivity contribution in [1.29, 1.82) is 0 Å². The van der Waals surface area contributed by atoms with Crippen LogP contribution < -0.4 is 5.32 Å². The first kappa shape index (κ1) is 8.70. The molecule has 1 heterocycles.